The van der Waals surface area contributed by atoms with Gasteiger partial charge in [0.2, 0.25) is 5.91 Å². The van der Waals surface area contributed by atoms with Crippen LogP contribution in [0.3, 0.4) is 0 Å². The molecule has 0 radical (unpaired) electrons. The van der Waals surface area contributed by atoms with Gasteiger partial charge < -0.3 is 14.6 Å². The quantitative estimate of drug-likeness (QED) is 0.659. The highest BCUT2D eigenvalue weighted by Gasteiger charge is 2.09. The molecule has 3 rings (SSSR count). The second-order valence-corrected chi connectivity index (χ2v) is 6.17. The highest BCUT2D eigenvalue weighted by molar-refractivity contribution is 7.14. The van der Waals surface area contributed by atoms with Gasteiger partial charge in [0.05, 0.1) is 18.5 Å². The van der Waals surface area contributed by atoms with E-state index in [1.165, 1.54) is 11.3 Å². The highest BCUT2D eigenvalue weighted by atomic mass is 32.1. The summed E-state index contributed by atoms with van der Waals surface area (Å²) in [7, 11) is 1.62. The van der Waals surface area contributed by atoms with Crippen LogP contribution in [0.2, 0.25) is 0 Å². The van der Waals surface area contributed by atoms with Crippen molar-refractivity contribution in [2.24, 2.45) is 0 Å². The van der Waals surface area contributed by atoms with Crippen molar-refractivity contribution < 1.29 is 14.3 Å². The Morgan fingerprint density at radius 2 is 2.12 bits per heavy atom. The van der Waals surface area contributed by atoms with Crippen molar-refractivity contribution >= 4 is 28.7 Å². The van der Waals surface area contributed by atoms with Gasteiger partial charge in [-0.3, -0.25) is 9.59 Å². The van der Waals surface area contributed by atoms with Crippen LogP contribution in [0.4, 0.5) is 5.13 Å². The monoisotopic (exact) mass is 355 g/mol. The summed E-state index contributed by atoms with van der Waals surface area (Å²) in [5, 5.41) is 5.25. The van der Waals surface area contributed by atoms with Gasteiger partial charge in [-0.2, -0.15) is 0 Å². The predicted molar refractivity (Wildman–Crippen MR) is 97.2 cm³/mol. The molecule has 0 aliphatic rings. The Labute approximate surface area is 149 Å². The Kier molecular flexibility index (Phi) is 5.25. The first-order valence-corrected chi connectivity index (χ1v) is 8.57. The van der Waals surface area contributed by atoms with Gasteiger partial charge in [-0.25, -0.2) is 4.98 Å². The lowest BCUT2D eigenvalue weighted by atomic mass is 10.2. The molecule has 128 valence electrons. The number of aldehydes is 1. The number of thiazole rings is 1. The van der Waals surface area contributed by atoms with Gasteiger partial charge in [-0.15, -0.1) is 11.3 Å². The first-order chi connectivity index (χ1) is 12.2. The Hall–Kier alpha value is -2.93. The van der Waals surface area contributed by atoms with Gasteiger partial charge >= 0.3 is 0 Å². The third-order valence-corrected chi connectivity index (χ3v) is 4.46. The summed E-state index contributed by atoms with van der Waals surface area (Å²) in [5.41, 5.74) is 2.32. The van der Waals surface area contributed by atoms with E-state index < -0.39 is 0 Å². The van der Waals surface area contributed by atoms with Crippen LogP contribution >= 0.6 is 11.3 Å². The molecule has 0 aliphatic carbocycles. The van der Waals surface area contributed by atoms with E-state index >= 15 is 0 Å². The smallest absolute Gasteiger partial charge is 0.227 e. The number of aryl methyl sites for hydroxylation is 1. The molecule has 0 atom stereocenters. The van der Waals surface area contributed by atoms with Gasteiger partial charge in [0.15, 0.2) is 11.4 Å². The third kappa shape index (κ3) is 4.13. The SMILES string of the molecule is COc1ccc(-c2csc(NC(=O)CCn3cccc3C=O)n2)cc1. The molecule has 6 nitrogen and oxygen atoms in total. The minimum atomic E-state index is -0.138. The molecular formula is C18H17N3O3S. The van der Waals surface area contributed by atoms with Gasteiger partial charge in [0.1, 0.15) is 5.75 Å². The first kappa shape index (κ1) is 16.9. The molecule has 0 saturated heterocycles. The largest absolute Gasteiger partial charge is 0.497 e. The fraction of sp³-hybridized carbons (Fsp3) is 0.167. The number of aromatic nitrogens is 2. The zero-order valence-electron chi connectivity index (χ0n) is 13.6. The number of methoxy groups -OCH3 is 1. The lowest BCUT2D eigenvalue weighted by molar-refractivity contribution is -0.116. The van der Waals surface area contributed by atoms with E-state index in [9.17, 15) is 9.59 Å². The summed E-state index contributed by atoms with van der Waals surface area (Å²) in [6, 6.07) is 11.1. The van der Waals surface area contributed by atoms with E-state index in [1.807, 2.05) is 29.6 Å². The number of ether oxygens (including phenoxy) is 1. The molecule has 0 spiro atoms. The van der Waals surface area contributed by atoms with Crippen molar-refractivity contribution in [2.75, 3.05) is 12.4 Å². The van der Waals surface area contributed by atoms with E-state index in [1.54, 1.807) is 30.0 Å². The predicted octanol–water partition coefficient (Wildman–Crippen LogP) is 3.46. The number of carbonyl (C=O) groups excluding carboxylic acids is 2. The fourth-order valence-electron chi connectivity index (χ4n) is 2.37. The second kappa shape index (κ2) is 7.76. The standard InChI is InChI=1S/C18H17N3O3S/c1-24-15-6-4-13(5-7-15)16-12-25-18(19-16)20-17(23)8-10-21-9-2-3-14(21)11-22/h2-7,9,11-12H,8,10H2,1H3,(H,19,20,23). The summed E-state index contributed by atoms with van der Waals surface area (Å²) < 4.78 is 6.89. The Morgan fingerprint density at radius 1 is 1.32 bits per heavy atom. The molecule has 7 heteroatoms. The van der Waals surface area contributed by atoms with Crippen molar-refractivity contribution in [3.05, 3.63) is 53.7 Å². The molecule has 3 aromatic rings. The number of carbonyl (C=O) groups is 2. The minimum Gasteiger partial charge on any atom is -0.497 e. The Balaban J connectivity index is 1.58. The number of hydrogen-bond donors (Lipinski definition) is 1. The molecule has 0 unspecified atom stereocenters. The molecule has 0 fully saturated rings. The third-order valence-electron chi connectivity index (χ3n) is 3.70. The van der Waals surface area contributed by atoms with Gasteiger partial charge in [0, 0.05) is 30.1 Å². The Morgan fingerprint density at radius 3 is 2.84 bits per heavy atom. The lowest BCUT2D eigenvalue weighted by Crippen LogP contribution is -2.14. The maximum Gasteiger partial charge on any atom is 0.227 e. The normalized spacial score (nSPS) is 10.4. The minimum absolute atomic E-state index is 0.138. The number of nitrogens with one attached hydrogen (secondary N) is 1. The molecule has 1 amide bonds. The molecule has 2 heterocycles. The second-order valence-electron chi connectivity index (χ2n) is 5.31. The molecule has 2 aromatic heterocycles. The van der Waals surface area contributed by atoms with E-state index in [4.69, 9.17) is 4.74 Å². The van der Waals surface area contributed by atoms with Crippen LogP contribution in [0.1, 0.15) is 16.9 Å². The van der Waals surface area contributed by atoms with Crippen molar-refractivity contribution in [1.82, 2.24) is 9.55 Å². The number of hydrogen-bond acceptors (Lipinski definition) is 5. The van der Waals surface area contributed by atoms with Crippen molar-refractivity contribution in [1.29, 1.82) is 0 Å². The van der Waals surface area contributed by atoms with E-state index in [-0.39, 0.29) is 12.3 Å². The molecular weight excluding hydrogens is 338 g/mol. The summed E-state index contributed by atoms with van der Waals surface area (Å²) in [6.45, 7) is 0.448. The lowest BCUT2D eigenvalue weighted by Gasteiger charge is -2.05. The number of nitrogens with zero attached hydrogens (tertiary/aromatic N) is 2. The van der Waals surface area contributed by atoms with Crippen LogP contribution in [-0.4, -0.2) is 28.9 Å². The number of rotatable bonds is 7. The number of amides is 1. The van der Waals surface area contributed by atoms with Crippen LogP contribution < -0.4 is 10.1 Å². The summed E-state index contributed by atoms with van der Waals surface area (Å²) in [4.78, 5) is 27.4. The van der Waals surface area contributed by atoms with Gasteiger partial charge in [0.25, 0.3) is 0 Å². The van der Waals surface area contributed by atoms with E-state index in [0.717, 1.165) is 23.3 Å². The molecule has 0 aliphatic heterocycles. The number of anilines is 1. The van der Waals surface area contributed by atoms with Crippen molar-refractivity contribution in [3.8, 4) is 17.0 Å². The highest BCUT2D eigenvalue weighted by Crippen LogP contribution is 2.26. The maximum atomic E-state index is 12.1. The van der Waals surface area contributed by atoms with Gasteiger partial charge in [-0.05, 0) is 36.4 Å². The van der Waals surface area contributed by atoms with E-state index in [0.29, 0.717) is 17.4 Å². The fourth-order valence-corrected chi connectivity index (χ4v) is 3.10. The zero-order valence-corrected chi connectivity index (χ0v) is 14.5. The zero-order chi connectivity index (χ0) is 17.6. The van der Waals surface area contributed by atoms with Crippen molar-refractivity contribution in [2.45, 2.75) is 13.0 Å². The van der Waals surface area contributed by atoms with Crippen LogP contribution in [0.25, 0.3) is 11.3 Å². The average Bonchev–Trinajstić information content (AvgIpc) is 3.29. The molecule has 1 aromatic carbocycles. The van der Waals surface area contributed by atoms with Crippen LogP contribution in [0.5, 0.6) is 5.75 Å². The summed E-state index contributed by atoms with van der Waals surface area (Å²) in [5.74, 6) is 0.647. The van der Waals surface area contributed by atoms with Crippen LogP contribution in [0.15, 0.2) is 48.0 Å². The van der Waals surface area contributed by atoms with Crippen molar-refractivity contribution in [3.63, 3.8) is 0 Å². The Bertz CT molecular complexity index is 868. The molecule has 1 N–H and O–H groups in total. The van der Waals surface area contributed by atoms with Crippen LogP contribution in [0, 0.1) is 0 Å². The molecule has 0 saturated carbocycles. The van der Waals surface area contributed by atoms with E-state index in [2.05, 4.69) is 10.3 Å². The number of benzene rings is 1. The topological polar surface area (TPSA) is 73.2 Å². The van der Waals surface area contributed by atoms with Gasteiger partial charge in [-0.1, -0.05) is 0 Å². The average molecular weight is 355 g/mol. The molecule has 0 bridgehead atoms. The summed E-state index contributed by atoms with van der Waals surface area (Å²) >= 11 is 1.38. The maximum absolute atomic E-state index is 12.1. The van der Waals surface area contributed by atoms with Crippen LogP contribution in [-0.2, 0) is 11.3 Å². The molecule has 25 heavy (non-hydrogen) atoms. The first-order valence-electron chi connectivity index (χ1n) is 7.69. The summed E-state index contributed by atoms with van der Waals surface area (Å²) in [6.07, 6.45) is 2.83.